The summed E-state index contributed by atoms with van der Waals surface area (Å²) in [6.07, 6.45) is 2.74. The normalized spacial score (nSPS) is 21.2. The molecule has 5 unspecified atom stereocenters. The lowest BCUT2D eigenvalue weighted by atomic mass is 9.80. The summed E-state index contributed by atoms with van der Waals surface area (Å²) in [6, 6.07) is 4.37. The lowest BCUT2D eigenvalue weighted by molar-refractivity contribution is -0.168. The number of esters is 1. The van der Waals surface area contributed by atoms with Gasteiger partial charge in [-0.1, -0.05) is 49.0 Å². The van der Waals surface area contributed by atoms with Gasteiger partial charge in [-0.05, 0) is 68.6 Å². The summed E-state index contributed by atoms with van der Waals surface area (Å²) in [5, 5.41) is 11.8. The van der Waals surface area contributed by atoms with Crippen molar-refractivity contribution in [3.63, 3.8) is 0 Å². The van der Waals surface area contributed by atoms with Gasteiger partial charge in [0, 0.05) is 19.5 Å². The molecule has 2 rings (SSSR count). The largest absolute Gasteiger partial charge is 0.425 e. The molecule has 0 aromatic heterocycles. The molecule has 0 aliphatic heterocycles. The Hall–Kier alpha value is -1.31. The van der Waals surface area contributed by atoms with Crippen LogP contribution in [0.1, 0.15) is 83.7 Å². The molecule has 2 N–H and O–H groups in total. The Morgan fingerprint density at radius 3 is 2.50 bits per heavy atom. The highest BCUT2D eigenvalue weighted by Crippen LogP contribution is 2.37. The van der Waals surface area contributed by atoms with Gasteiger partial charge in [-0.2, -0.15) is 0 Å². The number of amides is 1. The molecule has 11 heteroatoms. The number of benzene rings is 1. The first-order valence-corrected chi connectivity index (χ1v) is 14.9. The summed E-state index contributed by atoms with van der Waals surface area (Å²) in [7, 11) is -2.51. The zero-order valence-electron chi connectivity index (χ0n) is 21.1. The zero-order chi connectivity index (χ0) is 26.8. The summed E-state index contributed by atoms with van der Waals surface area (Å²) >= 11 is 12.2. The van der Waals surface area contributed by atoms with Gasteiger partial charge in [0.25, 0.3) is 0 Å². The minimum Gasteiger partial charge on any atom is -0.425 e. The molecule has 6 atom stereocenters. The predicted molar refractivity (Wildman–Crippen MR) is 140 cm³/mol. The first kappa shape index (κ1) is 30.9. The molecule has 8 nitrogen and oxygen atoms in total. The van der Waals surface area contributed by atoms with Crippen molar-refractivity contribution in [1.82, 2.24) is 4.90 Å². The molecular formula is C25H38Cl2NO7P. The molecule has 0 bridgehead atoms. The summed E-state index contributed by atoms with van der Waals surface area (Å²) in [5.41, 5.74) is 0.654. The van der Waals surface area contributed by atoms with Crippen molar-refractivity contribution in [2.75, 3.05) is 6.16 Å². The quantitative estimate of drug-likeness (QED) is 0.168. The lowest BCUT2D eigenvalue weighted by Gasteiger charge is -2.35. The number of nitrogens with zero attached hydrogens (tertiary/aromatic N) is 1. The number of ether oxygens (including phenoxy) is 2. The average molecular weight is 566 g/mol. The van der Waals surface area contributed by atoms with Crippen LogP contribution in [-0.2, 0) is 18.8 Å². The summed E-state index contributed by atoms with van der Waals surface area (Å²) in [6.45, 7) is 5.04. The van der Waals surface area contributed by atoms with Crippen LogP contribution >= 0.6 is 31.2 Å². The smallest absolute Gasteiger partial charge is 0.415 e. The van der Waals surface area contributed by atoms with E-state index in [1.165, 1.54) is 11.8 Å². The number of aliphatic hydroxyl groups is 1. The molecule has 1 saturated carbocycles. The van der Waals surface area contributed by atoms with Crippen LogP contribution in [0.2, 0.25) is 10.0 Å². The second kappa shape index (κ2) is 15.2. The first-order valence-electron chi connectivity index (χ1n) is 12.5. The molecule has 36 heavy (non-hydrogen) atoms. The second-order valence-electron chi connectivity index (χ2n) is 9.50. The average Bonchev–Trinajstić information content (AvgIpc) is 2.79. The molecule has 1 aliphatic carbocycles. The highest BCUT2D eigenvalue weighted by Gasteiger charge is 2.32. The Labute approximate surface area is 224 Å². The van der Waals surface area contributed by atoms with E-state index < -0.39 is 38.7 Å². The zero-order valence-corrected chi connectivity index (χ0v) is 23.6. The molecule has 1 aromatic carbocycles. The maximum Gasteiger partial charge on any atom is 0.415 e. The van der Waals surface area contributed by atoms with Gasteiger partial charge in [-0.25, -0.2) is 4.79 Å². The summed E-state index contributed by atoms with van der Waals surface area (Å²) in [4.78, 5) is 35.5. The van der Waals surface area contributed by atoms with Crippen LogP contribution < -0.4 is 0 Å². The van der Waals surface area contributed by atoms with Crippen LogP contribution in [0, 0.1) is 11.8 Å². The number of carbonyl (C=O) groups excluding carboxylic acids is 2. The standard InChI is InChI=1S/C25H38Cl2NO7P/c1-4-6-24(30)34-17(3)35-25(31)28(16(2)20-10-11-21(26)22(27)14-20)23(29)12-9-18-7-5-8-19(13-18)15-36(32)33/h10-11,14,16-19,23,29,36H,4-9,12-13,15H2,1-3H3,(H,32,33)/t16-,17?,18?,19?,23?/m1/s1. The molecule has 1 amide bonds. The first-order chi connectivity index (χ1) is 17.0. The van der Waals surface area contributed by atoms with Crippen molar-refractivity contribution < 1.29 is 33.6 Å². The van der Waals surface area contributed by atoms with Crippen molar-refractivity contribution in [1.29, 1.82) is 0 Å². The third-order valence-corrected chi connectivity index (χ3v) is 8.25. The van der Waals surface area contributed by atoms with Crippen molar-refractivity contribution in [2.24, 2.45) is 11.8 Å². The van der Waals surface area contributed by atoms with E-state index >= 15 is 0 Å². The molecule has 0 spiro atoms. The van der Waals surface area contributed by atoms with E-state index in [0.717, 1.165) is 25.7 Å². The minimum absolute atomic E-state index is 0.210. The Kier molecular flexibility index (Phi) is 13.0. The van der Waals surface area contributed by atoms with Crippen LogP contribution in [-0.4, -0.2) is 45.6 Å². The van der Waals surface area contributed by atoms with E-state index in [-0.39, 0.29) is 12.3 Å². The van der Waals surface area contributed by atoms with Gasteiger partial charge >= 0.3 is 12.1 Å². The van der Waals surface area contributed by atoms with E-state index in [4.69, 9.17) is 32.7 Å². The number of rotatable bonds is 12. The second-order valence-corrected chi connectivity index (χ2v) is 11.5. The van der Waals surface area contributed by atoms with Crippen molar-refractivity contribution >= 4 is 43.3 Å². The van der Waals surface area contributed by atoms with E-state index in [9.17, 15) is 24.2 Å². The van der Waals surface area contributed by atoms with Crippen LogP contribution in [0.15, 0.2) is 18.2 Å². The summed E-state index contributed by atoms with van der Waals surface area (Å²) in [5.74, 6) is 0.0405. The van der Waals surface area contributed by atoms with Crippen molar-refractivity contribution in [3.8, 4) is 0 Å². The third-order valence-electron chi connectivity index (χ3n) is 6.58. The maximum absolute atomic E-state index is 13.2. The number of hydrogen-bond donors (Lipinski definition) is 2. The van der Waals surface area contributed by atoms with E-state index in [2.05, 4.69) is 0 Å². The number of hydrogen-bond acceptors (Lipinski definition) is 6. The van der Waals surface area contributed by atoms with Gasteiger partial charge in [-0.15, -0.1) is 0 Å². The predicted octanol–water partition coefficient (Wildman–Crippen LogP) is 6.55. The fourth-order valence-electron chi connectivity index (χ4n) is 4.77. The SMILES string of the molecule is CCCC(=O)OC(C)OC(=O)N(C(O)CCC1CCCC(C[PH](=O)O)C1)[C@H](C)c1ccc(Cl)c(Cl)c1. The minimum atomic E-state index is -2.51. The van der Waals surface area contributed by atoms with Crippen LogP contribution in [0.3, 0.4) is 0 Å². The van der Waals surface area contributed by atoms with Crippen molar-refractivity contribution in [3.05, 3.63) is 33.8 Å². The van der Waals surface area contributed by atoms with Crippen LogP contribution in [0.4, 0.5) is 4.79 Å². The van der Waals surface area contributed by atoms with E-state index in [1.807, 2.05) is 6.92 Å². The third kappa shape index (κ3) is 9.86. The number of aliphatic hydroxyl groups excluding tert-OH is 1. The number of halogens is 2. The van der Waals surface area contributed by atoms with Gasteiger partial charge in [-0.3, -0.25) is 14.3 Å². The molecule has 0 radical (unpaired) electrons. The monoisotopic (exact) mass is 565 g/mol. The Balaban J connectivity index is 2.13. The highest BCUT2D eigenvalue weighted by atomic mass is 35.5. The molecule has 0 heterocycles. The molecule has 1 fully saturated rings. The molecule has 1 aliphatic rings. The van der Waals surface area contributed by atoms with E-state index in [0.29, 0.717) is 47.0 Å². The van der Waals surface area contributed by atoms with Gasteiger partial charge < -0.3 is 19.5 Å². The van der Waals surface area contributed by atoms with Gasteiger partial charge in [0.2, 0.25) is 6.29 Å². The lowest BCUT2D eigenvalue weighted by Crippen LogP contribution is -2.44. The molecule has 1 aromatic rings. The van der Waals surface area contributed by atoms with Gasteiger partial charge in [0.1, 0.15) is 6.23 Å². The van der Waals surface area contributed by atoms with Gasteiger partial charge in [0.05, 0.1) is 16.1 Å². The van der Waals surface area contributed by atoms with Gasteiger partial charge in [0.15, 0.2) is 8.03 Å². The highest BCUT2D eigenvalue weighted by molar-refractivity contribution is 7.38. The summed E-state index contributed by atoms with van der Waals surface area (Å²) < 4.78 is 21.8. The number of carbonyl (C=O) groups is 2. The van der Waals surface area contributed by atoms with E-state index in [1.54, 1.807) is 25.1 Å². The Morgan fingerprint density at radius 2 is 1.86 bits per heavy atom. The molecular weight excluding hydrogens is 528 g/mol. The fourth-order valence-corrected chi connectivity index (χ4v) is 5.94. The molecule has 204 valence electrons. The Bertz CT molecular complexity index is 903. The fraction of sp³-hybridized carbons (Fsp3) is 0.680. The van der Waals surface area contributed by atoms with Crippen LogP contribution in [0.25, 0.3) is 0 Å². The maximum atomic E-state index is 13.2. The van der Waals surface area contributed by atoms with Crippen molar-refractivity contribution in [2.45, 2.75) is 90.7 Å². The molecule has 0 saturated heterocycles. The van der Waals surface area contributed by atoms with Crippen LogP contribution in [0.5, 0.6) is 0 Å². The topological polar surface area (TPSA) is 113 Å². The Morgan fingerprint density at radius 1 is 1.17 bits per heavy atom.